The lowest BCUT2D eigenvalue weighted by molar-refractivity contribution is -0.134. The van der Waals surface area contributed by atoms with Crippen molar-refractivity contribution in [2.24, 2.45) is 0 Å². The number of ether oxygens (including phenoxy) is 1. The van der Waals surface area contributed by atoms with Gasteiger partial charge in [-0.3, -0.25) is 33.9 Å². The van der Waals surface area contributed by atoms with Crippen LogP contribution in [0.3, 0.4) is 0 Å². The smallest absolute Gasteiger partial charge is 0.410 e. The number of carbonyl (C=O) groups is 5. The van der Waals surface area contributed by atoms with Gasteiger partial charge in [0.2, 0.25) is 17.7 Å². The third-order valence-corrected chi connectivity index (χ3v) is 7.68. The molecule has 1 aromatic carbocycles. The fourth-order valence-electron chi connectivity index (χ4n) is 5.21. The van der Waals surface area contributed by atoms with Crippen molar-refractivity contribution >= 4 is 46.3 Å². The van der Waals surface area contributed by atoms with E-state index in [1.54, 1.807) is 55.8 Å². The SMILES string of the molecule is [C-]#[N+][C@@H]1CC(F)(F)CN1C(=O)CNC(=O)c1ccnc2ccc(N(C)C(=O)CCC(=O)N3CCN(C(=O)OC(C)(C)C)CC3)cc12. The molecule has 46 heavy (non-hydrogen) atoms. The number of alkyl halides is 2. The standard InChI is InChI=1S/C31H37F2N7O6/c1-30(2,3)46-29(45)39-14-12-38(13-15-39)26(42)9-8-25(41)37(5)20-6-7-23-22(16-20)21(10-11-35-23)28(44)36-18-27(43)40-19-31(32,33)17-24(40)34-4/h6-7,10-11,16,24H,8-9,12-15,17-19H2,1-3,5H3,(H,36,44)/t24-/m0/s1. The highest BCUT2D eigenvalue weighted by molar-refractivity contribution is 6.08. The number of pyridine rings is 1. The highest BCUT2D eigenvalue weighted by Crippen LogP contribution is 2.32. The normalized spacial score (nSPS) is 17.8. The van der Waals surface area contributed by atoms with E-state index in [-0.39, 0.29) is 30.2 Å². The van der Waals surface area contributed by atoms with E-state index in [4.69, 9.17) is 11.3 Å². The Morgan fingerprint density at radius 3 is 2.39 bits per heavy atom. The molecule has 2 saturated heterocycles. The summed E-state index contributed by atoms with van der Waals surface area (Å²) in [6.07, 6.45) is -1.15. The topological polar surface area (TPSA) is 137 Å². The van der Waals surface area contributed by atoms with Crippen molar-refractivity contribution < 1.29 is 37.5 Å². The molecule has 0 bridgehead atoms. The summed E-state index contributed by atoms with van der Waals surface area (Å²) in [7, 11) is 1.54. The van der Waals surface area contributed by atoms with Gasteiger partial charge in [-0.1, -0.05) is 0 Å². The molecule has 0 aliphatic carbocycles. The van der Waals surface area contributed by atoms with E-state index in [0.29, 0.717) is 42.8 Å². The van der Waals surface area contributed by atoms with E-state index in [1.165, 1.54) is 17.2 Å². The van der Waals surface area contributed by atoms with E-state index in [0.717, 1.165) is 4.90 Å². The molecule has 2 aliphatic rings. The second kappa shape index (κ2) is 13.6. The Kier molecular flexibility index (Phi) is 10.1. The van der Waals surface area contributed by atoms with Gasteiger partial charge < -0.3 is 24.8 Å². The molecule has 3 heterocycles. The average molecular weight is 642 g/mol. The van der Waals surface area contributed by atoms with Gasteiger partial charge in [-0.2, -0.15) is 0 Å². The molecule has 2 fully saturated rings. The molecule has 5 amide bonds. The van der Waals surface area contributed by atoms with Crippen molar-refractivity contribution in [3.63, 3.8) is 0 Å². The van der Waals surface area contributed by atoms with Gasteiger partial charge in [0.1, 0.15) is 12.0 Å². The van der Waals surface area contributed by atoms with E-state index in [9.17, 15) is 32.8 Å². The number of likely N-dealkylation sites (tertiary alicyclic amines) is 1. The lowest BCUT2D eigenvalue weighted by atomic mass is 10.1. The van der Waals surface area contributed by atoms with Crippen LogP contribution in [0.25, 0.3) is 15.7 Å². The second-order valence-corrected chi connectivity index (χ2v) is 12.2. The van der Waals surface area contributed by atoms with Gasteiger partial charge in [0.25, 0.3) is 11.8 Å². The average Bonchev–Trinajstić information content (AvgIpc) is 3.34. The number of benzene rings is 1. The first-order valence-electron chi connectivity index (χ1n) is 14.8. The van der Waals surface area contributed by atoms with Crippen LogP contribution in [0, 0.1) is 6.57 Å². The number of anilines is 1. The largest absolute Gasteiger partial charge is 0.444 e. The summed E-state index contributed by atoms with van der Waals surface area (Å²) in [5.74, 6) is -5.16. The van der Waals surface area contributed by atoms with Crippen LogP contribution in [0.1, 0.15) is 50.4 Å². The van der Waals surface area contributed by atoms with Crippen LogP contribution >= 0.6 is 0 Å². The summed E-state index contributed by atoms with van der Waals surface area (Å²) < 4.78 is 32.9. The molecule has 1 N–H and O–H groups in total. The van der Waals surface area contributed by atoms with Crippen LogP contribution in [0.5, 0.6) is 0 Å². The molecule has 0 spiro atoms. The van der Waals surface area contributed by atoms with E-state index >= 15 is 0 Å². The number of hydrogen-bond donors (Lipinski definition) is 1. The first kappa shape index (κ1) is 34.0. The van der Waals surface area contributed by atoms with Crippen LogP contribution < -0.4 is 10.2 Å². The minimum absolute atomic E-state index is 0.0241. The zero-order chi connectivity index (χ0) is 33.8. The van der Waals surface area contributed by atoms with Gasteiger partial charge in [0.05, 0.1) is 24.2 Å². The molecule has 15 heteroatoms. The zero-order valence-corrected chi connectivity index (χ0v) is 26.2. The van der Waals surface area contributed by atoms with Crippen LogP contribution in [-0.4, -0.2) is 113 Å². The van der Waals surface area contributed by atoms with Gasteiger partial charge >= 0.3 is 12.3 Å². The van der Waals surface area contributed by atoms with Gasteiger partial charge in [0.15, 0.2) is 0 Å². The van der Waals surface area contributed by atoms with E-state index in [1.807, 2.05) is 0 Å². The minimum Gasteiger partial charge on any atom is -0.444 e. The summed E-state index contributed by atoms with van der Waals surface area (Å²) in [4.78, 5) is 76.4. The number of hydrogen-bond acceptors (Lipinski definition) is 7. The number of halogens is 2. The van der Waals surface area contributed by atoms with Crippen LogP contribution in [0.15, 0.2) is 30.5 Å². The highest BCUT2D eigenvalue weighted by Gasteiger charge is 2.50. The molecular formula is C31H37F2N7O6. The Morgan fingerprint density at radius 2 is 1.74 bits per heavy atom. The first-order chi connectivity index (χ1) is 21.6. The monoisotopic (exact) mass is 641 g/mol. The number of amides is 5. The Balaban J connectivity index is 1.33. The Hall–Kier alpha value is -4.87. The third-order valence-electron chi connectivity index (χ3n) is 7.68. The minimum atomic E-state index is -3.16. The summed E-state index contributed by atoms with van der Waals surface area (Å²) >= 11 is 0. The molecule has 0 saturated carbocycles. The number of fused-ring (bicyclic) bond motifs is 1. The fraction of sp³-hybridized carbons (Fsp3) is 0.516. The summed E-state index contributed by atoms with van der Waals surface area (Å²) in [6.45, 7) is 12.3. The molecule has 0 unspecified atom stereocenters. The molecule has 2 aromatic rings. The maximum absolute atomic E-state index is 13.7. The van der Waals surface area contributed by atoms with E-state index in [2.05, 4.69) is 15.1 Å². The highest BCUT2D eigenvalue weighted by atomic mass is 19.3. The van der Waals surface area contributed by atoms with Crippen molar-refractivity contribution in [3.05, 3.63) is 47.4 Å². The van der Waals surface area contributed by atoms with E-state index < -0.39 is 55.1 Å². The lowest BCUT2D eigenvalue weighted by Gasteiger charge is -2.35. The summed E-state index contributed by atoms with van der Waals surface area (Å²) in [5, 5.41) is 2.82. The number of carbonyl (C=O) groups excluding carboxylic acids is 5. The van der Waals surface area contributed by atoms with Crippen molar-refractivity contribution in [1.82, 2.24) is 25.0 Å². The predicted molar refractivity (Wildman–Crippen MR) is 163 cm³/mol. The summed E-state index contributed by atoms with van der Waals surface area (Å²) in [5.41, 5.74) is 0.411. The molecular weight excluding hydrogens is 604 g/mol. The molecule has 2 aliphatic heterocycles. The lowest BCUT2D eigenvalue weighted by Crippen LogP contribution is -2.51. The number of rotatable bonds is 7. The van der Waals surface area contributed by atoms with Crippen molar-refractivity contribution in [1.29, 1.82) is 0 Å². The molecule has 4 rings (SSSR count). The van der Waals surface area contributed by atoms with Crippen LogP contribution in [-0.2, 0) is 19.1 Å². The Bertz CT molecular complexity index is 1560. The maximum atomic E-state index is 13.7. The summed E-state index contributed by atoms with van der Waals surface area (Å²) in [6, 6.07) is 6.29. The molecule has 246 valence electrons. The van der Waals surface area contributed by atoms with Gasteiger partial charge in [-0.05, 0) is 45.0 Å². The molecule has 1 atom stereocenters. The number of nitrogens with one attached hydrogen (secondary N) is 1. The van der Waals surface area contributed by atoms with Crippen molar-refractivity contribution in [2.45, 2.75) is 57.7 Å². The van der Waals surface area contributed by atoms with Crippen molar-refractivity contribution in [3.8, 4) is 0 Å². The Labute approximate surface area is 265 Å². The van der Waals surface area contributed by atoms with Crippen LogP contribution in [0.4, 0.5) is 19.3 Å². The predicted octanol–water partition coefficient (Wildman–Crippen LogP) is 2.90. The van der Waals surface area contributed by atoms with Crippen LogP contribution in [0.2, 0.25) is 0 Å². The van der Waals surface area contributed by atoms with Gasteiger partial charge in [-0.15, -0.1) is 0 Å². The molecule has 1 aromatic heterocycles. The molecule has 13 nitrogen and oxygen atoms in total. The Morgan fingerprint density at radius 1 is 1.07 bits per heavy atom. The zero-order valence-electron chi connectivity index (χ0n) is 26.2. The van der Waals surface area contributed by atoms with Gasteiger partial charge in [-0.25, -0.2) is 20.1 Å². The fourth-order valence-corrected chi connectivity index (χ4v) is 5.21. The number of aromatic nitrogens is 1. The third kappa shape index (κ3) is 8.23. The maximum Gasteiger partial charge on any atom is 0.410 e. The number of piperazine rings is 1. The molecule has 0 radical (unpaired) electrons. The first-order valence-corrected chi connectivity index (χ1v) is 14.8. The number of nitrogens with zero attached hydrogens (tertiary/aromatic N) is 6. The van der Waals surface area contributed by atoms with Crippen molar-refractivity contribution in [2.75, 3.05) is 51.2 Å². The van der Waals surface area contributed by atoms with Gasteiger partial charge in [0, 0.05) is 63.3 Å². The second-order valence-electron chi connectivity index (χ2n) is 12.2. The quantitative estimate of drug-likeness (QED) is 0.459.